The van der Waals surface area contributed by atoms with E-state index in [4.69, 9.17) is 5.73 Å². The van der Waals surface area contributed by atoms with Crippen LogP contribution in [0.1, 0.15) is 32.0 Å². The van der Waals surface area contributed by atoms with Gasteiger partial charge in [-0.25, -0.2) is 9.48 Å². The molecule has 2 aromatic heterocycles. The molecule has 0 aliphatic carbocycles. The topological polar surface area (TPSA) is 123 Å². The van der Waals surface area contributed by atoms with Crippen LogP contribution in [0.25, 0.3) is 27.4 Å². The van der Waals surface area contributed by atoms with Gasteiger partial charge in [0.15, 0.2) is 0 Å². The van der Waals surface area contributed by atoms with Crippen LogP contribution < -0.4 is 11.1 Å². The van der Waals surface area contributed by atoms with E-state index >= 15 is 0 Å². The Labute approximate surface area is 207 Å². The second-order valence-electron chi connectivity index (χ2n) is 7.76. The van der Waals surface area contributed by atoms with Crippen molar-refractivity contribution in [2.24, 2.45) is 5.73 Å². The zero-order chi connectivity index (χ0) is 25.9. The van der Waals surface area contributed by atoms with Gasteiger partial charge in [-0.15, -0.1) is 16.4 Å². The van der Waals surface area contributed by atoms with E-state index in [9.17, 15) is 27.9 Å². The number of carboxylic acids is 1. The van der Waals surface area contributed by atoms with Gasteiger partial charge < -0.3 is 16.2 Å². The minimum atomic E-state index is -4.45. The van der Waals surface area contributed by atoms with Crippen LogP contribution in [0.2, 0.25) is 0 Å². The van der Waals surface area contributed by atoms with E-state index in [0.29, 0.717) is 51.8 Å². The number of nitrogens with zero attached hydrogens (tertiary/aromatic N) is 3. The minimum absolute atomic E-state index is 0.00331. The summed E-state index contributed by atoms with van der Waals surface area (Å²) in [7, 11) is 0. The summed E-state index contributed by atoms with van der Waals surface area (Å²) < 4.78 is 39.9. The quantitative estimate of drug-likeness (QED) is 0.298. The van der Waals surface area contributed by atoms with Crippen LogP contribution in [0, 0.1) is 0 Å². The molecule has 2 aromatic carbocycles. The molecule has 0 spiro atoms. The van der Waals surface area contributed by atoms with Crippen LogP contribution in [0.5, 0.6) is 0 Å². The van der Waals surface area contributed by atoms with Crippen molar-refractivity contribution in [1.82, 2.24) is 20.3 Å². The number of aromatic carboxylic acids is 1. The number of aromatic nitrogens is 3. The Morgan fingerprint density at radius 3 is 2.47 bits per heavy atom. The molecule has 0 saturated carbocycles. The summed E-state index contributed by atoms with van der Waals surface area (Å²) in [6, 6.07) is 12.5. The van der Waals surface area contributed by atoms with Gasteiger partial charge in [0.05, 0.1) is 27.9 Å². The number of amides is 1. The van der Waals surface area contributed by atoms with Gasteiger partial charge in [-0.3, -0.25) is 4.79 Å². The van der Waals surface area contributed by atoms with Crippen molar-refractivity contribution in [3.63, 3.8) is 0 Å². The van der Waals surface area contributed by atoms with Crippen LogP contribution in [0.4, 0.5) is 13.2 Å². The second kappa shape index (κ2) is 10.3. The Hall–Kier alpha value is -4.03. The molecule has 0 fully saturated rings. The highest BCUT2D eigenvalue weighted by molar-refractivity contribution is 7.17. The molecule has 36 heavy (non-hydrogen) atoms. The molecule has 4 aromatic rings. The molecule has 0 unspecified atom stereocenters. The first-order chi connectivity index (χ1) is 17.2. The lowest BCUT2D eigenvalue weighted by Crippen LogP contribution is -2.25. The minimum Gasteiger partial charge on any atom is -0.478 e. The molecule has 186 valence electrons. The lowest BCUT2D eigenvalue weighted by atomic mass is 10.1. The lowest BCUT2D eigenvalue weighted by Gasteiger charge is -2.07. The summed E-state index contributed by atoms with van der Waals surface area (Å²) in [4.78, 5) is 25.2. The summed E-state index contributed by atoms with van der Waals surface area (Å²) in [6.07, 6.45) is -2.30. The fourth-order valence-electron chi connectivity index (χ4n) is 3.37. The molecule has 2 heterocycles. The second-order valence-corrected chi connectivity index (χ2v) is 8.84. The summed E-state index contributed by atoms with van der Waals surface area (Å²) >= 11 is 1.21. The van der Waals surface area contributed by atoms with Gasteiger partial charge in [-0.1, -0.05) is 17.3 Å². The molecule has 0 aliphatic heterocycles. The number of carboxylic acid groups (broad SMARTS) is 1. The van der Waals surface area contributed by atoms with E-state index in [1.807, 2.05) is 0 Å². The highest BCUT2D eigenvalue weighted by Crippen LogP contribution is 2.32. The van der Waals surface area contributed by atoms with Gasteiger partial charge in [-0.2, -0.15) is 13.2 Å². The van der Waals surface area contributed by atoms with Gasteiger partial charge in [0.2, 0.25) is 0 Å². The summed E-state index contributed by atoms with van der Waals surface area (Å²) in [5.74, 6) is -1.40. The first-order valence-electron chi connectivity index (χ1n) is 10.7. The highest BCUT2D eigenvalue weighted by atomic mass is 32.1. The average molecular weight is 516 g/mol. The Morgan fingerprint density at radius 2 is 1.81 bits per heavy atom. The Balaban J connectivity index is 1.63. The molecule has 1 amide bonds. The number of thiophene rings is 1. The highest BCUT2D eigenvalue weighted by Gasteiger charge is 2.30. The normalized spacial score (nSPS) is 11.4. The largest absolute Gasteiger partial charge is 0.478 e. The Bertz CT molecular complexity index is 1400. The fourth-order valence-corrected chi connectivity index (χ4v) is 4.28. The zero-order valence-corrected chi connectivity index (χ0v) is 19.4. The number of nitrogens with one attached hydrogen (secondary N) is 1. The van der Waals surface area contributed by atoms with Gasteiger partial charge in [0.1, 0.15) is 5.69 Å². The number of hydrogen-bond acceptors (Lipinski definition) is 6. The molecular formula is C24H20F3N5O3S. The van der Waals surface area contributed by atoms with E-state index in [0.717, 1.165) is 12.1 Å². The van der Waals surface area contributed by atoms with Gasteiger partial charge in [-0.05, 0) is 61.0 Å². The Morgan fingerprint density at radius 1 is 1.06 bits per heavy atom. The molecule has 0 radical (unpaired) electrons. The first-order valence-corrected chi connectivity index (χ1v) is 11.5. The molecule has 4 N–H and O–H groups in total. The number of hydrogen-bond donors (Lipinski definition) is 3. The molecule has 0 atom stereocenters. The maximum atomic E-state index is 12.8. The lowest BCUT2D eigenvalue weighted by molar-refractivity contribution is -0.137. The molecule has 4 rings (SSSR count). The maximum Gasteiger partial charge on any atom is 0.416 e. The first kappa shape index (κ1) is 25.1. The van der Waals surface area contributed by atoms with Crippen LogP contribution in [-0.4, -0.2) is 45.1 Å². The third-order valence-corrected chi connectivity index (χ3v) is 6.34. The van der Waals surface area contributed by atoms with Crippen molar-refractivity contribution < 1.29 is 27.9 Å². The van der Waals surface area contributed by atoms with Gasteiger partial charge in [0.25, 0.3) is 5.91 Å². The van der Waals surface area contributed by atoms with Crippen molar-refractivity contribution >= 4 is 23.2 Å². The third kappa shape index (κ3) is 5.61. The number of benzene rings is 2. The van der Waals surface area contributed by atoms with Crippen molar-refractivity contribution in [2.75, 3.05) is 13.1 Å². The molecular weight excluding hydrogens is 495 g/mol. The van der Waals surface area contributed by atoms with Crippen LogP contribution in [0.3, 0.4) is 0 Å². The predicted octanol–water partition coefficient (Wildman–Crippen LogP) is 4.46. The zero-order valence-electron chi connectivity index (χ0n) is 18.6. The molecule has 0 saturated heterocycles. The van der Waals surface area contributed by atoms with Gasteiger partial charge >= 0.3 is 12.1 Å². The fraction of sp³-hybridized carbons (Fsp3) is 0.167. The van der Waals surface area contributed by atoms with E-state index in [-0.39, 0.29) is 11.5 Å². The Kier molecular flexibility index (Phi) is 7.17. The van der Waals surface area contributed by atoms with E-state index in [1.165, 1.54) is 46.5 Å². The summed E-state index contributed by atoms with van der Waals surface area (Å²) in [5.41, 5.74) is 6.35. The number of halogens is 3. The van der Waals surface area contributed by atoms with Crippen LogP contribution >= 0.6 is 11.3 Å². The predicted molar refractivity (Wildman–Crippen MR) is 128 cm³/mol. The van der Waals surface area contributed by atoms with Crippen LogP contribution in [-0.2, 0) is 6.18 Å². The number of nitrogens with two attached hydrogens (primary N) is 1. The smallest absolute Gasteiger partial charge is 0.416 e. The monoisotopic (exact) mass is 515 g/mol. The SMILES string of the molecule is NCCCNC(=O)c1ccc(-c2cc(C(=O)O)cc(-n3cc(-c4ccc(C(F)(F)F)cc4)nn3)c2)s1. The van der Waals surface area contributed by atoms with E-state index in [1.54, 1.807) is 18.2 Å². The van der Waals surface area contributed by atoms with Crippen molar-refractivity contribution in [3.05, 3.63) is 76.8 Å². The number of carbonyl (C=O) groups is 2. The van der Waals surface area contributed by atoms with Crippen molar-refractivity contribution in [1.29, 1.82) is 0 Å². The summed E-state index contributed by atoms with van der Waals surface area (Å²) in [6.45, 7) is 0.915. The molecule has 0 aliphatic rings. The average Bonchev–Trinajstić information content (AvgIpc) is 3.54. The molecule has 0 bridgehead atoms. The molecule has 12 heteroatoms. The van der Waals surface area contributed by atoms with Gasteiger partial charge in [0, 0.05) is 17.0 Å². The molecule has 8 nitrogen and oxygen atoms in total. The van der Waals surface area contributed by atoms with Crippen molar-refractivity contribution in [2.45, 2.75) is 12.6 Å². The third-order valence-electron chi connectivity index (χ3n) is 5.21. The standard InChI is InChI=1S/C24H20F3N5O3S/c25-24(26,27)17-4-2-14(3-5-17)19-13-32(31-30-19)18-11-15(10-16(12-18)23(34)35)20-6-7-21(36-20)22(33)29-9-1-8-28/h2-7,10-13H,1,8-9,28H2,(H,29,33)(H,34,35). The van der Waals surface area contributed by atoms with E-state index < -0.39 is 17.7 Å². The maximum absolute atomic E-state index is 12.8. The van der Waals surface area contributed by atoms with Crippen LogP contribution in [0.15, 0.2) is 60.8 Å². The number of alkyl halides is 3. The van der Waals surface area contributed by atoms with E-state index in [2.05, 4.69) is 15.6 Å². The van der Waals surface area contributed by atoms with Crippen molar-refractivity contribution in [3.8, 4) is 27.4 Å². The number of carbonyl (C=O) groups excluding carboxylic acids is 1. The summed E-state index contributed by atoms with van der Waals surface area (Å²) in [5, 5.41) is 20.4. The number of rotatable bonds is 8.